The first kappa shape index (κ1) is 28.9. The van der Waals surface area contributed by atoms with Gasteiger partial charge in [-0.2, -0.15) is 0 Å². The van der Waals surface area contributed by atoms with E-state index < -0.39 is 22.6 Å². The van der Waals surface area contributed by atoms with Crippen LogP contribution in [0.4, 0.5) is 10.1 Å². The van der Waals surface area contributed by atoms with E-state index in [-0.39, 0.29) is 36.3 Å². The van der Waals surface area contributed by atoms with Crippen LogP contribution < -0.4 is 5.43 Å². The van der Waals surface area contributed by atoms with Gasteiger partial charge in [0, 0.05) is 31.3 Å². The van der Waals surface area contributed by atoms with Gasteiger partial charge in [-0.05, 0) is 60.0 Å². The smallest absolute Gasteiger partial charge is 0.269 e. The van der Waals surface area contributed by atoms with Gasteiger partial charge in [0.25, 0.3) is 5.69 Å². The van der Waals surface area contributed by atoms with Gasteiger partial charge in [0.1, 0.15) is 17.9 Å². The molecule has 0 N–H and O–H groups in total. The number of carbonyl (C=O) groups is 2. The minimum Gasteiger partial charge on any atom is -0.464 e. The maximum absolute atomic E-state index is 13.6. The Morgan fingerprint density at radius 3 is 2.37 bits per heavy atom. The Labute approximate surface area is 235 Å². The zero-order valence-electron chi connectivity index (χ0n) is 22.4. The molecule has 0 aliphatic rings. The van der Waals surface area contributed by atoms with E-state index in [4.69, 9.17) is 4.42 Å². The van der Waals surface area contributed by atoms with E-state index in [9.17, 15) is 28.9 Å². The van der Waals surface area contributed by atoms with Crippen molar-refractivity contribution in [3.05, 3.63) is 128 Å². The normalized spacial score (nSPS) is 11.1. The number of nitro groups is 1. The number of para-hydroxylation sites is 1. The van der Waals surface area contributed by atoms with E-state index >= 15 is 0 Å². The molecule has 1 heterocycles. The van der Waals surface area contributed by atoms with Crippen molar-refractivity contribution < 1.29 is 23.3 Å². The van der Waals surface area contributed by atoms with E-state index in [2.05, 4.69) is 0 Å². The summed E-state index contributed by atoms with van der Waals surface area (Å²) >= 11 is 0. The Balaban J connectivity index is 1.56. The van der Waals surface area contributed by atoms with Gasteiger partial charge in [0.2, 0.25) is 11.8 Å². The molecule has 210 valence electrons. The van der Waals surface area contributed by atoms with Crippen LogP contribution in [-0.2, 0) is 22.7 Å². The maximum atomic E-state index is 13.6. The molecule has 0 unspecified atom stereocenters. The Morgan fingerprint density at radius 2 is 1.68 bits per heavy atom. The fourth-order valence-electron chi connectivity index (χ4n) is 4.26. The van der Waals surface area contributed by atoms with Crippen molar-refractivity contribution >= 4 is 34.5 Å². The topological polar surface area (TPSA) is 114 Å². The van der Waals surface area contributed by atoms with Crippen molar-refractivity contribution in [3.8, 4) is 0 Å². The van der Waals surface area contributed by atoms with Gasteiger partial charge in [-0.3, -0.25) is 24.5 Å². The standard InChI is InChI=1S/C31H28FN3O6/c1-2-17-33(29(36)16-11-22-9-14-26(15-10-22)35(39)40)20-30(37)34(18-23-7-12-25(32)13-8-23)19-24-21-41-28-6-4-3-5-27(28)31(24)38/h3-16,21H,2,17-20H2,1H3. The summed E-state index contributed by atoms with van der Waals surface area (Å²) < 4.78 is 19.1. The number of fused-ring (bicyclic) bond motifs is 1. The average molecular weight is 558 g/mol. The molecule has 0 spiro atoms. The molecule has 0 aliphatic carbocycles. The Bertz CT molecular complexity index is 1630. The molecule has 10 heteroatoms. The Kier molecular flexibility index (Phi) is 9.36. The molecule has 3 aromatic carbocycles. The van der Waals surface area contributed by atoms with Gasteiger partial charge >= 0.3 is 0 Å². The van der Waals surface area contributed by atoms with Gasteiger partial charge < -0.3 is 14.2 Å². The predicted molar refractivity (Wildman–Crippen MR) is 152 cm³/mol. The summed E-state index contributed by atoms with van der Waals surface area (Å²) in [4.78, 5) is 53.0. The fourth-order valence-corrected chi connectivity index (χ4v) is 4.26. The summed E-state index contributed by atoms with van der Waals surface area (Å²) in [6.45, 7) is 1.94. The second-order valence-electron chi connectivity index (χ2n) is 9.40. The molecule has 0 radical (unpaired) electrons. The van der Waals surface area contributed by atoms with E-state index in [1.807, 2.05) is 6.92 Å². The molecule has 0 aliphatic heterocycles. The van der Waals surface area contributed by atoms with Crippen LogP contribution in [0.15, 0.2) is 94.3 Å². The molecule has 2 amide bonds. The number of carbonyl (C=O) groups excluding carboxylic acids is 2. The van der Waals surface area contributed by atoms with Crippen LogP contribution in [0.3, 0.4) is 0 Å². The molecule has 41 heavy (non-hydrogen) atoms. The number of amides is 2. The van der Waals surface area contributed by atoms with Crippen LogP contribution in [0, 0.1) is 15.9 Å². The molecule has 0 bridgehead atoms. The second kappa shape index (κ2) is 13.3. The van der Waals surface area contributed by atoms with Crippen LogP contribution in [-0.4, -0.2) is 39.6 Å². The van der Waals surface area contributed by atoms with E-state index in [1.165, 1.54) is 64.6 Å². The molecule has 4 aromatic rings. The third-order valence-electron chi connectivity index (χ3n) is 6.41. The largest absolute Gasteiger partial charge is 0.464 e. The molecule has 1 aromatic heterocycles. The third kappa shape index (κ3) is 7.51. The summed E-state index contributed by atoms with van der Waals surface area (Å²) in [5, 5.41) is 11.3. The van der Waals surface area contributed by atoms with Crippen molar-refractivity contribution in [1.29, 1.82) is 0 Å². The molecule has 0 atom stereocenters. The number of non-ortho nitro benzene ring substituents is 1. The van der Waals surface area contributed by atoms with E-state index in [0.29, 0.717) is 35.1 Å². The number of hydrogen-bond donors (Lipinski definition) is 0. The zero-order valence-corrected chi connectivity index (χ0v) is 22.4. The molecule has 0 saturated carbocycles. The maximum Gasteiger partial charge on any atom is 0.269 e. The van der Waals surface area contributed by atoms with Crippen LogP contribution >= 0.6 is 0 Å². The number of benzene rings is 3. The van der Waals surface area contributed by atoms with Crippen LogP contribution in [0.1, 0.15) is 30.0 Å². The minimum absolute atomic E-state index is 0.0617. The van der Waals surface area contributed by atoms with Crippen molar-refractivity contribution in [2.24, 2.45) is 0 Å². The highest BCUT2D eigenvalue weighted by Crippen LogP contribution is 2.16. The average Bonchev–Trinajstić information content (AvgIpc) is 2.98. The summed E-state index contributed by atoms with van der Waals surface area (Å²) in [6, 6.07) is 18.2. The van der Waals surface area contributed by atoms with Gasteiger partial charge in [-0.25, -0.2) is 4.39 Å². The lowest BCUT2D eigenvalue weighted by molar-refractivity contribution is -0.384. The van der Waals surface area contributed by atoms with Crippen molar-refractivity contribution in [3.63, 3.8) is 0 Å². The highest BCUT2D eigenvalue weighted by Gasteiger charge is 2.22. The van der Waals surface area contributed by atoms with Crippen molar-refractivity contribution in [1.82, 2.24) is 9.80 Å². The first-order valence-electron chi connectivity index (χ1n) is 13.0. The highest BCUT2D eigenvalue weighted by molar-refractivity contribution is 5.94. The number of nitro benzene ring substituents is 1. The van der Waals surface area contributed by atoms with Gasteiger partial charge in [-0.15, -0.1) is 0 Å². The third-order valence-corrected chi connectivity index (χ3v) is 6.41. The number of hydrogen-bond acceptors (Lipinski definition) is 6. The van der Waals surface area contributed by atoms with Crippen LogP contribution in [0.5, 0.6) is 0 Å². The van der Waals surface area contributed by atoms with Crippen LogP contribution in [0.25, 0.3) is 17.0 Å². The summed E-state index contributed by atoms with van der Waals surface area (Å²) in [6.07, 6.45) is 4.76. The fraction of sp³-hybridized carbons (Fsp3) is 0.194. The second-order valence-corrected chi connectivity index (χ2v) is 9.40. The number of nitrogens with zero attached hydrogens (tertiary/aromatic N) is 3. The zero-order chi connectivity index (χ0) is 29.4. The Morgan fingerprint density at radius 1 is 0.976 bits per heavy atom. The molecular formula is C31H28FN3O6. The monoisotopic (exact) mass is 557 g/mol. The van der Waals surface area contributed by atoms with Crippen molar-refractivity contribution in [2.75, 3.05) is 13.1 Å². The minimum atomic E-state index is -0.507. The number of halogens is 1. The van der Waals surface area contributed by atoms with Gasteiger partial charge in [0.15, 0.2) is 5.43 Å². The lowest BCUT2D eigenvalue weighted by atomic mass is 10.1. The molecule has 9 nitrogen and oxygen atoms in total. The first-order valence-corrected chi connectivity index (χ1v) is 13.0. The summed E-state index contributed by atoms with van der Waals surface area (Å²) in [7, 11) is 0. The molecular weight excluding hydrogens is 529 g/mol. The predicted octanol–water partition coefficient (Wildman–Crippen LogP) is 5.32. The van der Waals surface area contributed by atoms with Crippen molar-refractivity contribution in [2.45, 2.75) is 26.4 Å². The first-order chi connectivity index (χ1) is 19.7. The van der Waals surface area contributed by atoms with E-state index in [1.54, 1.807) is 36.4 Å². The molecule has 4 rings (SSSR count). The number of rotatable bonds is 11. The summed E-state index contributed by atoms with van der Waals surface area (Å²) in [5.41, 5.74) is 1.61. The lowest BCUT2D eigenvalue weighted by Gasteiger charge is -2.27. The quantitative estimate of drug-likeness (QED) is 0.140. The lowest BCUT2D eigenvalue weighted by Crippen LogP contribution is -2.42. The van der Waals surface area contributed by atoms with Gasteiger partial charge in [-0.1, -0.05) is 31.2 Å². The molecule has 0 fully saturated rings. The highest BCUT2D eigenvalue weighted by atomic mass is 19.1. The Hall–Kier alpha value is -5.12. The van der Waals surface area contributed by atoms with E-state index in [0.717, 1.165) is 0 Å². The van der Waals surface area contributed by atoms with Gasteiger partial charge in [0.05, 0.1) is 28.7 Å². The van der Waals surface area contributed by atoms with Crippen LogP contribution in [0.2, 0.25) is 0 Å². The SMILES string of the molecule is CCCN(CC(=O)N(Cc1ccc(F)cc1)Cc1coc2ccccc2c1=O)C(=O)C=Cc1ccc([N+](=O)[O-])cc1. The summed E-state index contributed by atoms with van der Waals surface area (Å²) in [5.74, 6) is -1.24. The molecule has 0 saturated heterocycles.